The molecule has 2 unspecified atom stereocenters. The summed E-state index contributed by atoms with van der Waals surface area (Å²) in [6, 6.07) is 0. The Kier molecular flexibility index (Phi) is 6.34. The lowest BCUT2D eigenvalue weighted by atomic mass is 10.0. The van der Waals surface area contributed by atoms with Gasteiger partial charge in [-0.1, -0.05) is 6.92 Å². The monoisotopic (exact) mass is 258 g/mol. The van der Waals surface area contributed by atoms with Crippen molar-refractivity contribution in [1.82, 2.24) is 5.32 Å². The van der Waals surface area contributed by atoms with Gasteiger partial charge in [-0.15, -0.1) is 0 Å². The standard InChI is InChI=1S/C13H26N2OS/c1-11(6-8-14)4-5-12(16)15-10-13(2)7-3-9-17-13/h11H,3-10,14H2,1-2H3,(H,15,16). The molecule has 0 aromatic heterocycles. The van der Waals surface area contributed by atoms with Crippen molar-refractivity contribution >= 4 is 17.7 Å². The number of rotatable bonds is 7. The van der Waals surface area contributed by atoms with Crippen molar-refractivity contribution < 1.29 is 4.79 Å². The molecule has 1 heterocycles. The predicted octanol–water partition coefficient (Wildman–Crippen LogP) is 2.15. The first-order valence-electron chi connectivity index (χ1n) is 6.66. The lowest BCUT2D eigenvalue weighted by Gasteiger charge is -2.23. The Morgan fingerprint density at radius 3 is 2.88 bits per heavy atom. The third-order valence-electron chi connectivity index (χ3n) is 3.48. The van der Waals surface area contributed by atoms with E-state index < -0.39 is 0 Å². The van der Waals surface area contributed by atoms with E-state index >= 15 is 0 Å². The van der Waals surface area contributed by atoms with Crippen molar-refractivity contribution in [2.24, 2.45) is 11.7 Å². The van der Waals surface area contributed by atoms with Gasteiger partial charge in [-0.2, -0.15) is 11.8 Å². The van der Waals surface area contributed by atoms with Gasteiger partial charge in [0.1, 0.15) is 0 Å². The summed E-state index contributed by atoms with van der Waals surface area (Å²) >= 11 is 1.99. The summed E-state index contributed by atoms with van der Waals surface area (Å²) < 4.78 is 0.276. The van der Waals surface area contributed by atoms with Crippen molar-refractivity contribution in [1.29, 1.82) is 0 Å². The van der Waals surface area contributed by atoms with Gasteiger partial charge in [-0.05, 0) is 50.8 Å². The van der Waals surface area contributed by atoms with Crippen LogP contribution in [0.3, 0.4) is 0 Å². The van der Waals surface area contributed by atoms with Crippen LogP contribution in [-0.4, -0.2) is 29.5 Å². The van der Waals surface area contributed by atoms with Crippen LogP contribution in [0.25, 0.3) is 0 Å². The maximum Gasteiger partial charge on any atom is 0.220 e. The van der Waals surface area contributed by atoms with Crippen LogP contribution in [-0.2, 0) is 4.79 Å². The van der Waals surface area contributed by atoms with E-state index in [-0.39, 0.29) is 10.7 Å². The highest BCUT2D eigenvalue weighted by molar-refractivity contribution is 8.00. The number of nitrogens with one attached hydrogen (secondary N) is 1. The lowest BCUT2D eigenvalue weighted by molar-refractivity contribution is -0.121. The van der Waals surface area contributed by atoms with Crippen LogP contribution in [0, 0.1) is 5.92 Å². The zero-order valence-corrected chi connectivity index (χ0v) is 11.9. The van der Waals surface area contributed by atoms with Gasteiger partial charge in [-0.25, -0.2) is 0 Å². The molecule has 0 aromatic carbocycles. The van der Waals surface area contributed by atoms with E-state index in [9.17, 15) is 4.79 Å². The third-order valence-corrected chi connectivity index (χ3v) is 5.02. The minimum absolute atomic E-state index is 0.197. The number of nitrogens with two attached hydrogens (primary N) is 1. The highest BCUT2D eigenvalue weighted by Crippen LogP contribution is 2.36. The molecular weight excluding hydrogens is 232 g/mol. The van der Waals surface area contributed by atoms with E-state index in [4.69, 9.17) is 5.73 Å². The van der Waals surface area contributed by atoms with E-state index in [1.807, 2.05) is 11.8 Å². The first kappa shape index (κ1) is 14.8. The topological polar surface area (TPSA) is 55.1 Å². The first-order valence-corrected chi connectivity index (χ1v) is 7.65. The zero-order chi connectivity index (χ0) is 12.7. The van der Waals surface area contributed by atoms with Crippen LogP contribution >= 0.6 is 11.8 Å². The average Bonchev–Trinajstić information content (AvgIpc) is 2.72. The van der Waals surface area contributed by atoms with Crippen LogP contribution in [0.4, 0.5) is 0 Å². The minimum Gasteiger partial charge on any atom is -0.355 e. The van der Waals surface area contributed by atoms with Gasteiger partial charge in [0.05, 0.1) is 0 Å². The van der Waals surface area contributed by atoms with Gasteiger partial charge in [0.25, 0.3) is 0 Å². The van der Waals surface area contributed by atoms with Crippen molar-refractivity contribution in [2.45, 2.75) is 50.7 Å². The Hall–Kier alpha value is -0.220. The molecule has 4 heteroatoms. The molecule has 0 saturated carbocycles. The molecule has 0 bridgehead atoms. The molecule has 2 atom stereocenters. The molecule has 3 N–H and O–H groups in total. The molecule has 1 amide bonds. The van der Waals surface area contributed by atoms with Crippen LogP contribution in [0.15, 0.2) is 0 Å². The van der Waals surface area contributed by atoms with Gasteiger partial charge < -0.3 is 11.1 Å². The molecule has 17 heavy (non-hydrogen) atoms. The van der Waals surface area contributed by atoms with Gasteiger partial charge in [0.2, 0.25) is 5.91 Å². The summed E-state index contributed by atoms with van der Waals surface area (Å²) in [6.07, 6.45) is 5.11. The van der Waals surface area contributed by atoms with Crippen molar-refractivity contribution in [3.8, 4) is 0 Å². The predicted molar refractivity (Wildman–Crippen MR) is 75.2 cm³/mol. The molecule has 3 nitrogen and oxygen atoms in total. The van der Waals surface area contributed by atoms with Crippen LogP contribution in [0.1, 0.15) is 46.0 Å². The van der Waals surface area contributed by atoms with Crippen LogP contribution in [0.2, 0.25) is 0 Å². The van der Waals surface area contributed by atoms with E-state index in [2.05, 4.69) is 19.2 Å². The van der Waals surface area contributed by atoms with Gasteiger partial charge in [-0.3, -0.25) is 4.79 Å². The maximum atomic E-state index is 11.7. The van der Waals surface area contributed by atoms with Crippen molar-refractivity contribution in [3.63, 3.8) is 0 Å². The van der Waals surface area contributed by atoms with Gasteiger partial charge in [0.15, 0.2) is 0 Å². The van der Waals surface area contributed by atoms with E-state index in [0.717, 1.165) is 25.9 Å². The Balaban J connectivity index is 2.12. The molecule has 0 spiro atoms. The number of carbonyl (C=O) groups is 1. The number of hydrogen-bond acceptors (Lipinski definition) is 3. The molecule has 1 aliphatic rings. The summed E-state index contributed by atoms with van der Waals surface area (Å²) in [7, 11) is 0. The summed E-state index contributed by atoms with van der Waals surface area (Å²) in [4.78, 5) is 11.7. The SMILES string of the molecule is CC(CCN)CCC(=O)NCC1(C)CCCS1. The second kappa shape index (κ2) is 7.27. The fourth-order valence-corrected chi connectivity index (χ4v) is 3.40. The van der Waals surface area contributed by atoms with E-state index in [1.165, 1.54) is 18.6 Å². The smallest absolute Gasteiger partial charge is 0.220 e. The highest BCUT2D eigenvalue weighted by atomic mass is 32.2. The van der Waals surface area contributed by atoms with Crippen molar-refractivity contribution in [3.05, 3.63) is 0 Å². The summed E-state index contributed by atoms with van der Waals surface area (Å²) in [5, 5.41) is 3.07. The van der Waals surface area contributed by atoms with Crippen LogP contribution in [0.5, 0.6) is 0 Å². The van der Waals surface area contributed by atoms with E-state index in [1.54, 1.807) is 0 Å². The summed E-state index contributed by atoms with van der Waals surface area (Å²) in [6.45, 7) is 5.95. The molecule has 0 aromatic rings. The number of carbonyl (C=O) groups excluding carboxylic acids is 1. The normalized spacial score (nSPS) is 25.8. The quantitative estimate of drug-likeness (QED) is 0.736. The zero-order valence-electron chi connectivity index (χ0n) is 11.1. The molecule has 1 fully saturated rings. The number of amides is 1. The fraction of sp³-hybridized carbons (Fsp3) is 0.923. The third kappa shape index (κ3) is 5.77. The average molecular weight is 258 g/mol. The molecule has 0 radical (unpaired) electrons. The van der Waals surface area contributed by atoms with Gasteiger partial charge >= 0.3 is 0 Å². The minimum atomic E-state index is 0.197. The maximum absolute atomic E-state index is 11.7. The Morgan fingerprint density at radius 2 is 2.29 bits per heavy atom. The fourth-order valence-electron chi connectivity index (χ4n) is 2.16. The highest BCUT2D eigenvalue weighted by Gasteiger charge is 2.29. The van der Waals surface area contributed by atoms with Gasteiger partial charge in [0, 0.05) is 17.7 Å². The Bertz CT molecular complexity index is 240. The Morgan fingerprint density at radius 1 is 1.53 bits per heavy atom. The molecular formula is C13H26N2OS. The molecule has 1 aliphatic heterocycles. The number of thioether (sulfide) groups is 1. The molecule has 0 aliphatic carbocycles. The lowest BCUT2D eigenvalue weighted by Crippen LogP contribution is -2.36. The summed E-state index contributed by atoms with van der Waals surface area (Å²) in [5.41, 5.74) is 5.49. The van der Waals surface area contributed by atoms with Crippen molar-refractivity contribution in [2.75, 3.05) is 18.8 Å². The Labute approximate surface area is 109 Å². The largest absolute Gasteiger partial charge is 0.355 e. The second-order valence-electron chi connectivity index (χ2n) is 5.40. The summed E-state index contributed by atoms with van der Waals surface area (Å²) in [5.74, 6) is 1.99. The first-order chi connectivity index (χ1) is 8.06. The molecule has 1 rings (SSSR count). The molecule has 100 valence electrons. The van der Waals surface area contributed by atoms with Crippen LogP contribution < -0.4 is 11.1 Å². The van der Waals surface area contributed by atoms with E-state index in [0.29, 0.717) is 12.3 Å². The number of hydrogen-bond donors (Lipinski definition) is 2. The molecule has 1 saturated heterocycles. The second-order valence-corrected chi connectivity index (χ2v) is 7.08.